The highest BCUT2D eigenvalue weighted by Gasteiger charge is 2.27. The second kappa shape index (κ2) is 4.08. The van der Waals surface area contributed by atoms with Crippen molar-refractivity contribution in [1.82, 2.24) is 15.2 Å². The molecular weight excluding hydrogens is 180 g/mol. The van der Waals surface area contributed by atoms with E-state index in [1.165, 1.54) is 0 Å². The zero-order chi connectivity index (χ0) is 9.97. The van der Waals surface area contributed by atoms with E-state index in [4.69, 9.17) is 10.6 Å². The van der Waals surface area contributed by atoms with Crippen molar-refractivity contribution in [3.63, 3.8) is 0 Å². The molecule has 1 fully saturated rings. The first-order valence-corrected chi connectivity index (χ1v) is 4.84. The van der Waals surface area contributed by atoms with Crippen LogP contribution < -0.4 is 11.3 Å². The maximum atomic E-state index is 5.57. The van der Waals surface area contributed by atoms with Crippen molar-refractivity contribution in [2.24, 2.45) is 18.8 Å². The molecule has 0 saturated carbocycles. The third kappa shape index (κ3) is 1.66. The zero-order valence-corrected chi connectivity index (χ0v) is 8.31. The van der Waals surface area contributed by atoms with Crippen LogP contribution in [0.25, 0.3) is 0 Å². The Morgan fingerprint density at radius 1 is 1.79 bits per heavy atom. The van der Waals surface area contributed by atoms with E-state index in [1.807, 2.05) is 17.8 Å². The van der Waals surface area contributed by atoms with E-state index in [2.05, 4.69) is 10.5 Å². The van der Waals surface area contributed by atoms with Crippen LogP contribution in [0.1, 0.15) is 18.2 Å². The van der Waals surface area contributed by atoms with Crippen LogP contribution in [-0.2, 0) is 11.8 Å². The molecule has 2 rings (SSSR count). The first-order chi connectivity index (χ1) is 6.83. The van der Waals surface area contributed by atoms with Crippen molar-refractivity contribution >= 4 is 0 Å². The lowest BCUT2D eigenvalue weighted by atomic mass is 9.97. The Labute approximate surface area is 83.2 Å². The maximum absolute atomic E-state index is 5.57. The van der Waals surface area contributed by atoms with Gasteiger partial charge in [0.2, 0.25) is 0 Å². The predicted molar refractivity (Wildman–Crippen MR) is 52.2 cm³/mol. The number of nitrogens with one attached hydrogen (secondary N) is 1. The van der Waals surface area contributed by atoms with E-state index in [-0.39, 0.29) is 6.04 Å². The molecule has 1 aliphatic rings. The molecule has 2 unspecified atom stereocenters. The molecule has 2 atom stereocenters. The third-order valence-corrected chi connectivity index (χ3v) is 2.79. The lowest BCUT2D eigenvalue weighted by molar-refractivity contribution is 0.175. The molecule has 0 radical (unpaired) electrons. The van der Waals surface area contributed by atoms with Crippen molar-refractivity contribution in [2.75, 3.05) is 13.2 Å². The molecule has 0 amide bonds. The Morgan fingerprint density at radius 3 is 3.14 bits per heavy atom. The van der Waals surface area contributed by atoms with Gasteiger partial charge in [-0.3, -0.25) is 16.0 Å². The van der Waals surface area contributed by atoms with Crippen LogP contribution in [0, 0.1) is 5.92 Å². The Bertz CT molecular complexity index is 293. The van der Waals surface area contributed by atoms with E-state index in [0.29, 0.717) is 5.92 Å². The van der Waals surface area contributed by atoms with Crippen molar-refractivity contribution in [2.45, 2.75) is 12.5 Å². The van der Waals surface area contributed by atoms with E-state index < -0.39 is 0 Å². The largest absolute Gasteiger partial charge is 0.381 e. The molecule has 14 heavy (non-hydrogen) atoms. The highest BCUT2D eigenvalue weighted by molar-refractivity contribution is 5.08. The number of rotatable bonds is 3. The summed E-state index contributed by atoms with van der Waals surface area (Å²) in [7, 11) is 1.93. The van der Waals surface area contributed by atoms with Crippen molar-refractivity contribution in [1.29, 1.82) is 0 Å². The number of hydrogen-bond donors (Lipinski definition) is 2. The summed E-state index contributed by atoms with van der Waals surface area (Å²) in [4.78, 5) is 0. The van der Waals surface area contributed by atoms with Crippen LogP contribution >= 0.6 is 0 Å². The van der Waals surface area contributed by atoms with Gasteiger partial charge in [0.25, 0.3) is 0 Å². The monoisotopic (exact) mass is 196 g/mol. The topological polar surface area (TPSA) is 65.1 Å². The molecule has 5 heteroatoms. The fraction of sp³-hybridized carbons (Fsp3) is 0.667. The maximum Gasteiger partial charge on any atom is 0.0679 e. The number of hydrogen-bond acceptors (Lipinski definition) is 4. The standard InChI is InChI=1S/C9H16N4O/c1-13-8(2-4-11-13)9(12-10)7-3-5-14-6-7/h2,4,7,9,12H,3,5-6,10H2,1H3. The summed E-state index contributed by atoms with van der Waals surface area (Å²) in [5.41, 5.74) is 3.96. The molecule has 1 aromatic heterocycles. The van der Waals surface area contributed by atoms with Crippen molar-refractivity contribution in [3.05, 3.63) is 18.0 Å². The molecule has 0 spiro atoms. The number of aryl methyl sites for hydroxylation is 1. The Morgan fingerprint density at radius 2 is 2.64 bits per heavy atom. The summed E-state index contributed by atoms with van der Waals surface area (Å²) in [6.45, 7) is 1.61. The molecule has 5 nitrogen and oxygen atoms in total. The van der Waals surface area contributed by atoms with E-state index >= 15 is 0 Å². The van der Waals surface area contributed by atoms with Gasteiger partial charge in [-0.2, -0.15) is 5.10 Å². The summed E-state index contributed by atoms with van der Waals surface area (Å²) in [5, 5.41) is 4.14. The van der Waals surface area contributed by atoms with Gasteiger partial charge < -0.3 is 4.74 Å². The number of nitrogens with zero attached hydrogens (tertiary/aromatic N) is 2. The van der Waals surface area contributed by atoms with Crippen LogP contribution in [-0.4, -0.2) is 23.0 Å². The number of hydrazine groups is 1. The van der Waals surface area contributed by atoms with Crippen LogP contribution in [0.5, 0.6) is 0 Å². The zero-order valence-electron chi connectivity index (χ0n) is 8.31. The average Bonchev–Trinajstić information content (AvgIpc) is 2.80. The molecule has 0 aromatic carbocycles. The van der Waals surface area contributed by atoms with E-state index in [9.17, 15) is 0 Å². The Kier molecular flexibility index (Phi) is 2.81. The van der Waals surface area contributed by atoms with Gasteiger partial charge in [0.15, 0.2) is 0 Å². The molecule has 78 valence electrons. The van der Waals surface area contributed by atoms with Gasteiger partial charge in [0.1, 0.15) is 0 Å². The summed E-state index contributed by atoms with van der Waals surface area (Å²) < 4.78 is 7.20. The van der Waals surface area contributed by atoms with Crippen molar-refractivity contribution in [3.8, 4) is 0 Å². The SMILES string of the molecule is Cn1nccc1C(NN)C1CCOC1. The summed E-state index contributed by atoms with van der Waals surface area (Å²) in [6.07, 6.45) is 2.84. The quantitative estimate of drug-likeness (QED) is 0.526. The van der Waals surface area contributed by atoms with Gasteiger partial charge in [0, 0.05) is 25.8 Å². The predicted octanol–water partition coefficient (Wildman–Crippen LogP) is -0.0390. The van der Waals surface area contributed by atoms with Gasteiger partial charge >= 0.3 is 0 Å². The highest BCUT2D eigenvalue weighted by atomic mass is 16.5. The lowest BCUT2D eigenvalue weighted by Gasteiger charge is -2.21. The Balaban J connectivity index is 2.16. The van der Waals surface area contributed by atoms with Crippen molar-refractivity contribution < 1.29 is 4.74 Å². The summed E-state index contributed by atoms with van der Waals surface area (Å²) in [5.74, 6) is 6.02. The van der Waals surface area contributed by atoms with Gasteiger partial charge in [0.05, 0.1) is 18.3 Å². The van der Waals surface area contributed by atoms with Crippen LogP contribution in [0.4, 0.5) is 0 Å². The smallest absolute Gasteiger partial charge is 0.0679 e. The molecular formula is C9H16N4O. The molecule has 1 aromatic rings. The van der Waals surface area contributed by atoms with Crippen LogP contribution in [0.3, 0.4) is 0 Å². The number of nitrogens with two attached hydrogens (primary N) is 1. The average molecular weight is 196 g/mol. The number of aromatic nitrogens is 2. The second-order valence-electron chi connectivity index (χ2n) is 3.65. The minimum absolute atomic E-state index is 0.144. The molecule has 3 N–H and O–H groups in total. The van der Waals surface area contributed by atoms with Gasteiger partial charge in [-0.15, -0.1) is 0 Å². The van der Waals surface area contributed by atoms with E-state index in [1.54, 1.807) is 6.20 Å². The van der Waals surface area contributed by atoms with Gasteiger partial charge in [-0.1, -0.05) is 0 Å². The molecule has 1 saturated heterocycles. The fourth-order valence-electron chi connectivity index (χ4n) is 1.97. The molecule has 0 bridgehead atoms. The fourth-order valence-corrected chi connectivity index (χ4v) is 1.97. The summed E-state index contributed by atoms with van der Waals surface area (Å²) in [6, 6.07) is 2.13. The first-order valence-electron chi connectivity index (χ1n) is 4.84. The summed E-state index contributed by atoms with van der Waals surface area (Å²) >= 11 is 0. The van der Waals surface area contributed by atoms with Crippen LogP contribution in [0.2, 0.25) is 0 Å². The Hall–Kier alpha value is -0.910. The van der Waals surface area contributed by atoms with Gasteiger partial charge in [-0.05, 0) is 12.5 Å². The molecule has 0 aliphatic carbocycles. The number of ether oxygens (including phenoxy) is 1. The third-order valence-electron chi connectivity index (χ3n) is 2.79. The molecule has 2 heterocycles. The molecule has 1 aliphatic heterocycles. The normalized spacial score (nSPS) is 24.0. The first kappa shape index (κ1) is 9.64. The lowest BCUT2D eigenvalue weighted by Crippen LogP contribution is -2.35. The minimum Gasteiger partial charge on any atom is -0.381 e. The minimum atomic E-state index is 0.144. The second-order valence-corrected chi connectivity index (χ2v) is 3.65. The van der Waals surface area contributed by atoms with E-state index in [0.717, 1.165) is 25.3 Å². The van der Waals surface area contributed by atoms with Crippen LogP contribution in [0.15, 0.2) is 12.3 Å². The van der Waals surface area contributed by atoms with Gasteiger partial charge in [-0.25, -0.2) is 0 Å². The highest BCUT2D eigenvalue weighted by Crippen LogP contribution is 2.27.